The lowest BCUT2D eigenvalue weighted by Crippen LogP contribution is -2.59. The van der Waals surface area contributed by atoms with Crippen molar-refractivity contribution in [3.63, 3.8) is 0 Å². The van der Waals surface area contributed by atoms with E-state index < -0.39 is 0 Å². The van der Waals surface area contributed by atoms with Crippen LogP contribution in [0.4, 0.5) is 0 Å². The lowest BCUT2D eigenvalue weighted by molar-refractivity contribution is -0.0730. The second-order valence-corrected chi connectivity index (χ2v) is 8.15. The molecule has 27 heavy (non-hydrogen) atoms. The Balaban J connectivity index is 1.62. The Morgan fingerprint density at radius 1 is 1.04 bits per heavy atom. The summed E-state index contributed by atoms with van der Waals surface area (Å²) in [6.45, 7) is 3.19. The van der Waals surface area contributed by atoms with Crippen LogP contribution in [0.5, 0.6) is 0 Å². The second kappa shape index (κ2) is 7.45. The quantitative estimate of drug-likeness (QED) is 0.889. The van der Waals surface area contributed by atoms with Gasteiger partial charge in [0.1, 0.15) is 0 Å². The Labute approximate surface area is 161 Å². The van der Waals surface area contributed by atoms with Gasteiger partial charge in [0.25, 0.3) is 5.91 Å². The Hall–Kier alpha value is -2.17. The average Bonchev–Trinajstić information content (AvgIpc) is 2.71. The molecule has 0 aliphatic carbocycles. The van der Waals surface area contributed by atoms with Gasteiger partial charge in [0.15, 0.2) is 0 Å². The zero-order valence-corrected chi connectivity index (χ0v) is 16.0. The van der Waals surface area contributed by atoms with Crippen molar-refractivity contribution >= 4 is 5.91 Å². The molecular weight excluding hydrogens is 336 g/mol. The van der Waals surface area contributed by atoms with Gasteiger partial charge in [-0.05, 0) is 43.5 Å². The van der Waals surface area contributed by atoms with Gasteiger partial charge in [-0.1, -0.05) is 48.5 Å². The van der Waals surface area contributed by atoms with E-state index in [0.717, 1.165) is 55.6 Å². The molecule has 0 aromatic heterocycles. The zero-order valence-electron chi connectivity index (χ0n) is 16.0. The summed E-state index contributed by atoms with van der Waals surface area (Å²) in [5, 5.41) is 10.7. The van der Waals surface area contributed by atoms with Gasteiger partial charge < -0.3 is 14.9 Å². The first kappa shape index (κ1) is 18.2. The van der Waals surface area contributed by atoms with Gasteiger partial charge in [0.2, 0.25) is 0 Å². The summed E-state index contributed by atoms with van der Waals surface area (Å²) in [5.41, 5.74) is 2.59. The number of amides is 1. The SMILES string of the molecule is CN1CC[C@H](O)[C@@]2(CCCN(C(=O)c3ccccc3-c3ccccc3)C2)C1. The molecule has 0 saturated carbocycles. The Morgan fingerprint density at radius 3 is 2.59 bits per heavy atom. The monoisotopic (exact) mass is 364 g/mol. The molecule has 2 heterocycles. The van der Waals surface area contributed by atoms with Crippen LogP contribution in [-0.4, -0.2) is 60.1 Å². The number of likely N-dealkylation sites (tertiary alicyclic amines) is 2. The van der Waals surface area contributed by atoms with Crippen LogP contribution >= 0.6 is 0 Å². The number of hydrogen-bond donors (Lipinski definition) is 1. The number of aliphatic hydroxyl groups is 1. The van der Waals surface area contributed by atoms with Crippen LogP contribution in [0.25, 0.3) is 11.1 Å². The molecule has 4 nitrogen and oxygen atoms in total. The summed E-state index contributed by atoms with van der Waals surface area (Å²) in [6, 6.07) is 17.9. The van der Waals surface area contributed by atoms with E-state index in [9.17, 15) is 9.90 Å². The van der Waals surface area contributed by atoms with Gasteiger partial charge in [-0.2, -0.15) is 0 Å². The largest absolute Gasteiger partial charge is 0.392 e. The van der Waals surface area contributed by atoms with Crippen LogP contribution in [-0.2, 0) is 0 Å². The molecule has 1 spiro atoms. The topological polar surface area (TPSA) is 43.8 Å². The molecule has 4 heteroatoms. The number of carbonyl (C=O) groups is 1. The Kier molecular flexibility index (Phi) is 5.02. The van der Waals surface area contributed by atoms with Gasteiger partial charge in [-0.3, -0.25) is 4.79 Å². The highest BCUT2D eigenvalue weighted by molar-refractivity contribution is 6.01. The molecule has 2 fully saturated rings. The summed E-state index contributed by atoms with van der Waals surface area (Å²) in [5.74, 6) is 0.0777. The minimum absolute atomic E-state index is 0.0777. The number of rotatable bonds is 2. The van der Waals surface area contributed by atoms with Crippen LogP contribution < -0.4 is 0 Å². The Morgan fingerprint density at radius 2 is 1.78 bits per heavy atom. The molecular formula is C23H28N2O2. The number of carbonyl (C=O) groups excluding carboxylic acids is 1. The maximum absolute atomic E-state index is 13.4. The molecule has 0 bridgehead atoms. The van der Waals surface area contributed by atoms with Crippen LogP contribution in [0.1, 0.15) is 29.6 Å². The third-order valence-electron chi connectivity index (χ3n) is 6.21. The number of nitrogens with zero attached hydrogens (tertiary/aromatic N) is 2. The van der Waals surface area contributed by atoms with Gasteiger partial charge in [0, 0.05) is 37.2 Å². The molecule has 2 aliphatic rings. The van der Waals surface area contributed by atoms with Gasteiger partial charge in [-0.25, -0.2) is 0 Å². The summed E-state index contributed by atoms with van der Waals surface area (Å²) in [7, 11) is 2.11. The minimum Gasteiger partial charge on any atom is -0.392 e. The first-order valence-electron chi connectivity index (χ1n) is 9.89. The predicted molar refractivity (Wildman–Crippen MR) is 108 cm³/mol. The fourth-order valence-electron chi connectivity index (χ4n) is 4.81. The predicted octanol–water partition coefficient (Wildman–Crippen LogP) is 3.27. The highest BCUT2D eigenvalue weighted by Crippen LogP contribution is 2.39. The summed E-state index contributed by atoms with van der Waals surface area (Å²) in [4.78, 5) is 17.7. The molecule has 4 rings (SSSR count). The van der Waals surface area contributed by atoms with Gasteiger partial charge in [0.05, 0.1) is 6.10 Å². The number of benzene rings is 2. The standard InChI is InChI=1S/C23H28N2O2/c1-24-15-12-21(26)23(16-24)13-7-14-25(17-23)22(27)20-11-6-5-10-19(20)18-8-3-2-4-9-18/h2-6,8-11,21,26H,7,12-17H2,1H3/t21-,23-/m0/s1. The molecule has 0 unspecified atom stereocenters. The summed E-state index contributed by atoms with van der Waals surface area (Å²) < 4.78 is 0. The molecule has 2 aromatic rings. The van der Waals surface area contributed by atoms with E-state index in [4.69, 9.17) is 0 Å². The van der Waals surface area contributed by atoms with Crippen molar-refractivity contribution < 1.29 is 9.90 Å². The van der Waals surface area contributed by atoms with Crippen molar-refractivity contribution in [3.8, 4) is 11.1 Å². The van der Waals surface area contributed by atoms with E-state index in [2.05, 4.69) is 11.9 Å². The van der Waals surface area contributed by atoms with E-state index in [-0.39, 0.29) is 17.4 Å². The fraction of sp³-hybridized carbons (Fsp3) is 0.435. The second-order valence-electron chi connectivity index (χ2n) is 8.15. The molecule has 1 N–H and O–H groups in total. The number of piperidine rings is 2. The molecule has 2 aromatic carbocycles. The maximum Gasteiger partial charge on any atom is 0.254 e. The average molecular weight is 364 g/mol. The minimum atomic E-state index is -0.325. The molecule has 1 amide bonds. The van der Waals surface area contributed by atoms with Crippen LogP contribution in [0.2, 0.25) is 0 Å². The smallest absolute Gasteiger partial charge is 0.254 e. The third-order valence-corrected chi connectivity index (χ3v) is 6.21. The van der Waals surface area contributed by atoms with Crippen LogP contribution in [0, 0.1) is 5.41 Å². The molecule has 2 aliphatic heterocycles. The van der Waals surface area contributed by atoms with Crippen molar-refractivity contribution in [2.75, 3.05) is 33.2 Å². The van der Waals surface area contributed by atoms with E-state index in [0.29, 0.717) is 6.54 Å². The van der Waals surface area contributed by atoms with Crippen LogP contribution in [0.3, 0.4) is 0 Å². The molecule has 142 valence electrons. The van der Waals surface area contributed by atoms with E-state index >= 15 is 0 Å². The van der Waals surface area contributed by atoms with E-state index in [1.165, 1.54) is 0 Å². The first-order valence-corrected chi connectivity index (χ1v) is 9.89. The summed E-state index contributed by atoms with van der Waals surface area (Å²) in [6.07, 6.45) is 2.40. The van der Waals surface area contributed by atoms with Crippen molar-refractivity contribution in [1.82, 2.24) is 9.80 Å². The van der Waals surface area contributed by atoms with E-state index in [1.807, 2.05) is 59.5 Å². The fourth-order valence-corrected chi connectivity index (χ4v) is 4.81. The van der Waals surface area contributed by atoms with Crippen molar-refractivity contribution in [3.05, 3.63) is 60.2 Å². The normalized spacial score (nSPS) is 26.3. The van der Waals surface area contributed by atoms with Gasteiger partial charge in [-0.15, -0.1) is 0 Å². The molecule has 2 atom stereocenters. The highest BCUT2D eigenvalue weighted by Gasteiger charge is 2.45. The number of aliphatic hydroxyl groups excluding tert-OH is 1. The van der Waals surface area contributed by atoms with Crippen molar-refractivity contribution in [2.24, 2.45) is 5.41 Å². The van der Waals surface area contributed by atoms with Crippen molar-refractivity contribution in [1.29, 1.82) is 0 Å². The first-order chi connectivity index (χ1) is 13.1. The number of hydrogen-bond acceptors (Lipinski definition) is 3. The lowest BCUT2D eigenvalue weighted by atomic mass is 9.71. The zero-order chi connectivity index (χ0) is 18.9. The molecule has 2 saturated heterocycles. The lowest BCUT2D eigenvalue weighted by Gasteiger charge is -2.50. The van der Waals surface area contributed by atoms with E-state index in [1.54, 1.807) is 0 Å². The summed E-state index contributed by atoms with van der Waals surface area (Å²) >= 11 is 0. The molecule has 0 radical (unpaired) electrons. The van der Waals surface area contributed by atoms with Crippen LogP contribution in [0.15, 0.2) is 54.6 Å². The highest BCUT2D eigenvalue weighted by atomic mass is 16.3. The van der Waals surface area contributed by atoms with Gasteiger partial charge >= 0.3 is 0 Å². The third kappa shape index (κ3) is 3.52. The van der Waals surface area contributed by atoms with Crippen molar-refractivity contribution in [2.45, 2.75) is 25.4 Å². The Bertz CT molecular complexity index is 807. The maximum atomic E-state index is 13.4.